The summed E-state index contributed by atoms with van der Waals surface area (Å²) in [7, 11) is 0. The van der Waals surface area contributed by atoms with Gasteiger partial charge in [0.05, 0.1) is 6.04 Å². The molecule has 2 rings (SSSR count). The van der Waals surface area contributed by atoms with E-state index in [1.54, 1.807) is 0 Å². The largest absolute Gasteiger partial charge is 0.320 e. The first-order chi connectivity index (χ1) is 8.00. The highest BCUT2D eigenvalue weighted by Crippen LogP contribution is 2.35. The summed E-state index contributed by atoms with van der Waals surface area (Å²) in [6.07, 6.45) is 0. The molecule has 0 radical (unpaired) electrons. The molecular formula is C11H7BrClF2NS. The summed E-state index contributed by atoms with van der Waals surface area (Å²) in [5.41, 5.74) is 6.36. The van der Waals surface area contributed by atoms with Gasteiger partial charge in [-0.1, -0.05) is 11.6 Å². The molecule has 90 valence electrons. The van der Waals surface area contributed by atoms with E-state index in [-0.39, 0.29) is 5.02 Å². The Hall–Kier alpha value is -0.490. The maximum Gasteiger partial charge on any atom is 0.160 e. The second-order valence-corrected chi connectivity index (χ2v) is 5.61. The maximum atomic E-state index is 13.2. The van der Waals surface area contributed by atoms with Gasteiger partial charge < -0.3 is 5.73 Å². The summed E-state index contributed by atoms with van der Waals surface area (Å²) in [5, 5.41) is 1.98. The van der Waals surface area contributed by atoms with Crippen LogP contribution < -0.4 is 5.73 Å². The highest BCUT2D eigenvalue weighted by molar-refractivity contribution is 9.10. The molecule has 2 N–H and O–H groups in total. The quantitative estimate of drug-likeness (QED) is 0.802. The van der Waals surface area contributed by atoms with E-state index in [1.165, 1.54) is 11.3 Å². The Kier molecular flexibility index (Phi) is 3.82. The van der Waals surface area contributed by atoms with Crippen molar-refractivity contribution in [2.24, 2.45) is 5.73 Å². The first-order valence-corrected chi connectivity index (χ1v) is 6.68. The fraction of sp³-hybridized carbons (Fsp3) is 0.0909. The molecule has 1 unspecified atom stereocenters. The number of hydrogen-bond donors (Lipinski definition) is 1. The van der Waals surface area contributed by atoms with E-state index in [1.807, 2.05) is 11.4 Å². The molecule has 0 saturated carbocycles. The van der Waals surface area contributed by atoms with E-state index in [9.17, 15) is 8.78 Å². The van der Waals surface area contributed by atoms with Crippen molar-refractivity contribution in [3.05, 3.63) is 55.1 Å². The number of hydrogen-bond acceptors (Lipinski definition) is 2. The molecule has 6 heteroatoms. The van der Waals surface area contributed by atoms with Gasteiger partial charge in [-0.15, -0.1) is 11.3 Å². The van der Waals surface area contributed by atoms with E-state index in [0.717, 1.165) is 21.5 Å². The van der Waals surface area contributed by atoms with E-state index < -0.39 is 17.7 Å². The Morgan fingerprint density at radius 1 is 1.29 bits per heavy atom. The molecule has 1 aromatic carbocycles. The topological polar surface area (TPSA) is 26.0 Å². The van der Waals surface area contributed by atoms with Crippen LogP contribution in [0.2, 0.25) is 5.02 Å². The van der Waals surface area contributed by atoms with Gasteiger partial charge in [-0.3, -0.25) is 0 Å². The van der Waals surface area contributed by atoms with E-state index in [2.05, 4.69) is 15.9 Å². The average Bonchev–Trinajstić information content (AvgIpc) is 2.69. The van der Waals surface area contributed by atoms with Crippen LogP contribution in [0.4, 0.5) is 8.78 Å². The lowest BCUT2D eigenvalue weighted by Gasteiger charge is -2.13. The molecule has 0 spiro atoms. The van der Waals surface area contributed by atoms with Gasteiger partial charge in [0.1, 0.15) is 0 Å². The van der Waals surface area contributed by atoms with Crippen LogP contribution in [-0.2, 0) is 0 Å². The molecule has 0 bridgehead atoms. The maximum absolute atomic E-state index is 13.2. The van der Waals surface area contributed by atoms with Crippen molar-refractivity contribution < 1.29 is 8.78 Å². The third kappa shape index (κ3) is 2.52. The molecule has 17 heavy (non-hydrogen) atoms. The van der Waals surface area contributed by atoms with Crippen molar-refractivity contribution in [1.82, 2.24) is 0 Å². The Bertz CT molecular complexity index is 558. The number of nitrogens with two attached hydrogens (primary N) is 1. The second-order valence-electron chi connectivity index (χ2n) is 3.40. The normalized spacial score (nSPS) is 12.8. The van der Waals surface area contributed by atoms with Crippen molar-refractivity contribution in [3.63, 3.8) is 0 Å². The number of halogens is 4. The molecular weight excluding hydrogens is 332 g/mol. The van der Waals surface area contributed by atoms with Gasteiger partial charge in [-0.05, 0) is 45.1 Å². The zero-order valence-corrected chi connectivity index (χ0v) is 11.5. The van der Waals surface area contributed by atoms with Gasteiger partial charge in [-0.25, -0.2) is 8.78 Å². The Morgan fingerprint density at radius 3 is 2.53 bits per heavy atom. The van der Waals surface area contributed by atoms with Gasteiger partial charge in [0, 0.05) is 14.4 Å². The molecule has 1 nitrogen and oxygen atoms in total. The molecule has 0 amide bonds. The van der Waals surface area contributed by atoms with Crippen LogP contribution in [0.1, 0.15) is 16.5 Å². The fourth-order valence-electron chi connectivity index (χ4n) is 1.44. The van der Waals surface area contributed by atoms with Crippen LogP contribution >= 0.6 is 38.9 Å². The minimum atomic E-state index is -0.976. The summed E-state index contributed by atoms with van der Waals surface area (Å²) in [5.74, 6) is -1.93. The molecule has 0 saturated heterocycles. The van der Waals surface area contributed by atoms with Crippen molar-refractivity contribution >= 4 is 38.9 Å². The van der Waals surface area contributed by atoms with E-state index in [4.69, 9.17) is 17.3 Å². The summed E-state index contributed by atoms with van der Waals surface area (Å²) < 4.78 is 26.9. The van der Waals surface area contributed by atoms with Crippen molar-refractivity contribution in [3.8, 4) is 0 Å². The zero-order valence-electron chi connectivity index (χ0n) is 8.38. The first-order valence-electron chi connectivity index (χ1n) is 4.63. The molecule has 0 aliphatic rings. The van der Waals surface area contributed by atoms with E-state index >= 15 is 0 Å². The Morgan fingerprint density at radius 2 is 1.94 bits per heavy atom. The molecule has 2 aromatic rings. The van der Waals surface area contributed by atoms with Gasteiger partial charge >= 0.3 is 0 Å². The summed E-state index contributed by atoms with van der Waals surface area (Å²) in [6, 6.07) is 3.24. The van der Waals surface area contributed by atoms with E-state index in [0.29, 0.717) is 5.56 Å². The molecule has 1 heterocycles. The monoisotopic (exact) mass is 337 g/mol. The lowest BCUT2D eigenvalue weighted by Crippen LogP contribution is -2.12. The standard InChI is InChI=1S/C11H7BrClF2NS/c12-6-1-2-17-11(6)10(16)5-3-8(14)9(15)4-7(5)13/h1-4,10H,16H2. The average molecular weight is 339 g/mol. The van der Waals surface area contributed by atoms with Crippen LogP contribution in [0, 0.1) is 11.6 Å². The number of thiophene rings is 1. The van der Waals surface area contributed by atoms with Crippen LogP contribution in [0.5, 0.6) is 0 Å². The summed E-state index contributed by atoms with van der Waals surface area (Å²) in [4.78, 5) is 0.818. The Balaban J connectivity index is 2.48. The number of benzene rings is 1. The van der Waals surface area contributed by atoms with Crippen LogP contribution in [0.3, 0.4) is 0 Å². The Labute approximate surface area is 114 Å². The van der Waals surface area contributed by atoms with Gasteiger partial charge in [0.15, 0.2) is 11.6 Å². The lowest BCUT2D eigenvalue weighted by atomic mass is 10.1. The van der Waals surface area contributed by atoms with Gasteiger partial charge in [-0.2, -0.15) is 0 Å². The SMILES string of the molecule is NC(c1cc(F)c(F)cc1Cl)c1sccc1Br. The lowest BCUT2D eigenvalue weighted by molar-refractivity contribution is 0.506. The highest BCUT2D eigenvalue weighted by Gasteiger charge is 2.19. The molecule has 1 atom stereocenters. The van der Waals surface area contributed by atoms with Crippen LogP contribution in [0.15, 0.2) is 28.1 Å². The predicted octanol–water partition coefficient (Wildman–Crippen LogP) is 4.49. The second kappa shape index (κ2) is 5.02. The fourth-order valence-corrected chi connectivity index (χ4v) is 3.35. The van der Waals surface area contributed by atoms with Crippen molar-refractivity contribution in [2.75, 3.05) is 0 Å². The first kappa shape index (κ1) is 13.0. The molecule has 0 aliphatic heterocycles. The number of rotatable bonds is 2. The highest BCUT2D eigenvalue weighted by atomic mass is 79.9. The molecule has 0 aliphatic carbocycles. The van der Waals surface area contributed by atoms with Crippen molar-refractivity contribution in [2.45, 2.75) is 6.04 Å². The van der Waals surface area contributed by atoms with Crippen molar-refractivity contribution in [1.29, 1.82) is 0 Å². The van der Waals surface area contributed by atoms with Crippen LogP contribution in [0.25, 0.3) is 0 Å². The summed E-state index contributed by atoms with van der Waals surface area (Å²) >= 11 is 10.6. The van der Waals surface area contributed by atoms with Gasteiger partial charge in [0.25, 0.3) is 0 Å². The third-order valence-electron chi connectivity index (χ3n) is 2.30. The smallest absolute Gasteiger partial charge is 0.160 e. The molecule has 1 aromatic heterocycles. The zero-order chi connectivity index (χ0) is 12.6. The summed E-state index contributed by atoms with van der Waals surface area (Å²) in [6.45, 7) is 0. The van der Waals surface area contributed by atoms with Crippen LogP contribution in [-0.4, -0.2) is 0 Å². The third-order valence-corrected chi connectivity index (χ3v) is 4.58. The molecule has 0 fully saturated rings. The minimum absolute atomic E-state index is 0.122. The van der Waals surface area contributed by atoms with Gasteiger partial charge in [0.2, 0.25) is 0 Å². The predicted molar refractivity (Wildman–Crippen MR) is 69.4 cm³/mol. The minimum Gasteiger partial charge on any atom is -0.320 e.